The highest BCUT2D eigenvalue weighted by atomic mass is 35.6. The Kier molecular flexibility index (Phi) is 4.33. The smallest absolute Gasteiger partial charge is 0.318 e. The summed E-state index contributed by atoms with van der Waals surface area (Å²) in [6, 6.07) is 1.54. The van der Waals surface area contributed by atoms with E-state index >= 15 is 0 Å². The number of nitrogens with zero attached hydrogens (tertiary/aromatic N) is 3. The molecule has 1 aromatic carbocycles. The third kappa shape index (κ3) is 3.28. The van der Waals surface area contributed by atoms with Crippen LogP contribution in [0, 0.1) is 30.3 Å². The van der Waals surface area contributed by atoms with Crippen LogP contribution >= 0.6 is 34.8 Å². The number of fused-ring (bicyclic) bond motifs is 1. The third-order valence-corrected chi connectivity index (χ3v) is 3.40. The molecule has 23 heavy (non-hydrogen) atoms. The van der Waals surface area contributed by atoms with Crippen molar-refractivity contribution in [3.8, 4) is 5.75 Å². The van der Waals surface area contributed by atoms with Gasteiger partial charge in [0.05, 0.1) is 20.8 Å². The van der Waals surface area contributed by atoms with Gasteiger partial charge in [-0.25, -0.2) is 0 Å². The van der Waals surface area contributed by atoms with Crippen molar-refractivity contribution in [2.24, 2.45) is 0 Å². The summed E-state index contributed by atoms with van der Waals surface area (Å²) in [5, 5.41) is 33.0. The molecule has 1 heterocycles. The van der Waals surface area contributed by atoms with Crippen LogP contribution in [-0.4, -0.2) is 24.7 Å². The molecule has 0 unspecified atom stereocenters. The molecule has 1 atom stereocenters. The molecule has 0 radical (unpaired) electrons. The van der Waals surface area contributed by atoms with Gasteiger partial charge in [-0.2, -0.15) is 0 Å². The van der Waals surface area contributed by atoms with E-state index in [9.17, 15) is 30.3 Å². The first-order valence-corrected chi connectivity index (χ1v) is 6.72. The van der Waals surface area contributed by atoms with Crippen molar-refractivity contribution in [2.45, 2.75) is 9.90 Å². The zero-order chi connectivity index (χ0) is 17.5. The maximum Gasteiger partial charge on any atom is 0.318 e. The van der Waals surface area contributed by atoms with Crippen molar-refractivity contribution < 1.29 is 19.5 Å². The minimum atomic E-state index is -2.29. The largest absolute Gasteiger partial charge is 0.467 e. The fourth-order valence-electron chi connectivity index (χ4n) is 1.89. The van der Waals surface area contributed by atoms with Gasteiger partial charge < -0.3 is 4.74 Å². The van der Waals surface area contributed by atoms with E-state index in [4.69, 9.17) is 39.5 Å². The number of non-ortho nitro benzene ring substituents is 1. The van der Waals surface area contributed by atoms with E-state index in [1.807, 2.05) is 0 Å². The van der Waals surface area contributed by atoms with Crippen LogP contribution in [-0.2, 0) is 0 Å². The standard InChI is InChI=1S/C10H4Cl3N3O7/c11-10(12,13)9-7(16(21)22)2-4-1-5(14(17)18)3-6(15(19)20)8(4)23-9/h1-3,9H/t9-/m0/s1. The van der Waals surface area contributed by atoms with Gasteiger partial charge in [-0.1, -0.05) is 34.8 Å². The van der Waals surface area contributed by atoms with Crippen LogP contribution in [0.4, 0.5) is 11.4 Å². The van der Waals surface area contributed by atoms with E-state index in [-0.39, 0.29) is 5.56 Å². The summed E-state index contributed by atoms with van der Waals surface area (Å²) in [6.45, 7) is 0. The molecule has 10 nitrogen and oxygen atoms in total. The number of alkyl halides is 3. The summed E-state index contributed by atoms with van der Waals surface area (Å²) >= 11 is 16.8. The first-order chi connectivity index (χ1) is 10.5. The minimum Gasteiger partial charge on any atom is -0.467 e. The lowest BCUT2D eigenvalue weighted by Crippen LogP contribution is -2.38. The number of rotatable bonds is 3. The van der Waals surface area contributed by atoms with Crippen LogP contribution in [0.25, 0.3) is 6.08 Å². The Morgan fingerprint density at radius 3 is 2.04 bits per heavy atom. The highest BCUT2D eigenvalue weighted by Gasteiger charge is 2.48. The van der Waals surface area contributed by atoms with E-state index in [1.165, 1.54) is 0 Å². The zero-order valence-electron chi connectivity index (χ0n) is 10.6. The van der Waals surface area contributed by atoms with Gasteiger partial charge in [0, 0.05) is 17.7 Å². The fraction of sp³-hybridized carbons (Fsp3) is 0.200. The average Bonchev–Trinajstić information content (AvgIpc) is 2.43. The molecule has 0 spiro atoms. The SMILES string of the molecule is O=[N+]([O-])C1=Cc2cc([N+](=O)[O-])cc([N+](=O)[O-])c2O[C@@H]1C(Cl)(Cl)Cl. The molecule has 0 N–H and O–H groups in total. The van der Waals surface area contributed by atoms with Crippen LogP contribution in [0.1, 0.15) is 5.56 Å². The minimum absolute atomic E-state index is 0.233. The highest BCUT2D eigenvalue weighted by Crippen LogP contribution is 2.46. The van der Waals surface area contributed by atoms with Crippen molar-refractivity contribution in [1.82, 2.24) is 0 Å². The van der Waals surface area contributed by atoms with Crippen LogP contribution in [0.15, 0.2) is 17.8 Å². The van der Waals surface area contributed by atoms with Gasteiger partial charge in [0.15, 0.2) is 0 Å². The van der Waals surface area contributed by atoms with Gasteiger partial charge in [0.25, 0.3) is 11.4 Å². The molecule has 13 heteroatoms. The Labute approximate surface area is 141 Å². The summed E-state index contributed by atoms with van der Waals surface area (Å²) < 4.78 is 2.84. The fourth-order valence-corrected chi connectivity index (χ4v) is 2.36. The maximum absolute atomic E-state index is 11.1. The number of halogens is 3. The van der Waals surface area contributed by atoms with Gasteiger partial charge >= 0.3 is 5.69 Å². The molecular weight excluding hydrogens is 380 g/mol. The molecular formula is C10H4Cl3N3O7. The molecule has 1 aliphatic rings. The van der Waals surface area contributed by atoms with Crippen LogP contribution in [0.2, 0.25) is 0 Å². The third-order valence-electron chi connectivity index (χ3n) is 2.81. The second-order valence-electron chi connectivity index (χ2n) is 4.26. The molecule has 0 aromatic heterocycles. The second kappa shape index (κ2) is 5.80. The Balaban J connectivity index is 2.74. The van der Waals surface area contributed by atoms with Crippen LogP contribution in [0.3, 0.4) is 0 Å². The van der Waals surface area contributed by atoms with Crippen molar-refractivity contribution in [3.05, 3.63) is 53.7 Å². The molecule has 1 aromatic rings. The Bertz CT molecular complexity index is 759. The maximum atomic E-state index is 11.1. The number of benzene rings is 1. The lowest BCUT2D eigenvalue weighted by atomic mass is 10.1. The van der Waals surface area contributed by atoms with Crippen LogP contribution in [0.5, 0.6) is 5.75 Å². The van der Waals surface area contributed by atoms with Gasteiger partial charge in [-0.15, -0.1) is 0 Å². The van der Waals surface area contributed by atoms with Crippen molar-refractivity contribution in [2.75, 3.05) is 0 Å². The normalized spacial score (nSPS) is 16.8. The molecule has 0 amide bonds. The number of ether oxygens (including phenoxy) is 1. The van der Waals surface area contributed by atoms with E-state index < -0.39 is 47.5 Å². The summed E-state index contributed by atoms with van der Waals surface area (Å²) in [4.78, 5) is 30.2. The number of nitro benzene ring substituents is 2. The highest BCUT2D eigenvalue weighted by molar-refractivity contribution is 6.68. The van der Waals surface area contributed by atoms with Gasteiger partial charge in [-0.3, -0.25) is 30.3 Å². The average molecular weight is 385 g/mol. The monoisotopic (exact) mass is 383 g/mol. The first-order valence-electron chi connectivity index (χ1n) is 5.58. The first kappa shape index (κ1) is 17.2. The zero-order valence-corrected chi connectivity index (χ0v) is 12.9. The molecule has 1 aliphatic heterocycles. The molecule has 0 saturated carbocycles. The Hall–Kier alpha value is -2.17. The van der Waals surface area contributed by atoms with Crippen LogP contribution < -0.4 is 4.74 Å². The molecule has 122 valence electrons. The van der Waals surface area contributed by atoms with Crippen molar-refractivity contribution in [3.63, 3.8) is 0 Å². The lowest BCUT2D eigenvalue weighted by Gasteiger charge is -2.26. The molecule has 0 fully saturated rings. The molecule has 0 aliphatic carbocycles. The van der Waals surface area contributed by atoms with E-state index in [0.717, 1.165) is 12.1 Å². The molecule has 0 saturated heterocycles. The van der Waals surface area contributed by atoms with Crippen molar-refractivity contribution >= 4 is 52.3 Å². The number of hydrogen-bond donors (Lipinski definition) is 0. The molecule has 0 bridgehead atoms. The summed E-state index contributed by atoms with van der Waals surface area (Å²) in [5.74, 6) is -0.456. The topological polar surface area (TPSA) is 139 Å². The van der Waals surface area contributed by atoms with E-state index in [0.29, 0.717) is 6.07 Å². The Morgan fingerprint density at radius 1 is 1.00 bits per heavy atom. The van der Waals surface area contributed by atoms with Crippen molar-refractivity contribution in [1.29, 1.82) is 0 Å². The molecule has 2 rings (SSSR count). The number of hydrogen-bond acceptors (Lipinski definition) is 7. The summed E-state index contributed by atoms with van der Waals surface area (Å²) in [5.41, 5.74) is -2.34. The summed E-state index contributed by atoms with van der Waals surface area (Å²) in [6.07, 6.45) is -0.888. The Morgan fingerprint density at radius 2 is 1.61 bits per heavy atom. The number of nitro groups is 3. The van der Waals surface area contributed by atoms with Gasteiger partial charge in [-0.05, 0) is 0 Å². The van der Waals surface area contributed by atoms with Gasteiger partial charge in [0.2, 0.25) is 15.6 Å². The predicted molar refractivity (Wildman–Crippen MR) is 79.4 cm³/mol. The predicted octanol–water partition coefficient (Wildman–Crippen LogP) is 3.25. The van der Waals surface area contributed by atoms with Gasteiger partial charge in [0.1, 0.15) is 0 Å². The van der Waals surface area contributed by atoms with E-state index in [1.54, 1.807) is 0 Å². The van der Waals surface area contributed by atoms with E-state index in [2.05, 4.69) is 0 Å². The lowest BCUT2D eigenvalue weighted by molar-refractivity contribution is -0.434. The second-order valence-corrected chi connectivity index (χ2v) is 6.63. The summed E-state index contributed by atoms with van der Waals surface area (Å²) in [7, 11) is 0. The quantitative estimate of drug-likeness (QED) is 0.442.